The number of nitrogens with two attached hydrogens (primary N) is 6. The number of aliphatic imine (C=N–C) groups is 1. The van der Waals surface area contributed by atoms with Gasteiger partial charge in [0.15, 0.2) is 5.96 Å². The maximum Gasteiger partial charge on any atom is 0.245 e. The van der Waals surface area contributed by atoms with E-state index in [1.165, 1.54) is 24.3 Å². The second kappa shape index (κ2) is 35.9. The van der Waals surface area contributed by atoms with Crippen LogP contribution in [0.3, 0.4) is 0 Å². The number of amides is 12. The van der Waals surface area contributed by atoms with Gasteiger partial charge in [0.1, 0.15) is 54.1 Å². The highest BCUT2D eigenvalue weighted by atomic mass is 16.3. The van der Waals surface area contributed by atoms with Gasteiger partial charge in [-0.2, -0.15) is 0 Å². The van der Waals surface area contributed by atoms with E-state index in [9.17, 15) is 67.7 Å². The van der Waals surface area contributed by atoms with Gasteiger partial charge in [0.05, 0.1) is 32.0 Å². The summed E-state index contributed by atoms with van der Waals surface area (Å²) in [7, 11) is 0. The van der Waals surface area contributed by atoms with Gasteiger partial charge in [-0.05, 0) is 66.1 Å². The largest absolute Gasteiger partial charge is 0.508 e. The number of hydrogen-bond acceptors (Lipinski definition) is 16. The second-order valence-electron chi connectivity index (χ2n) is 21.5. The van der Waals surface area contributed by atoms with Gasteiger partial charge in [-0.3, -0.25) is 62.5 Å². The molecule has 0 fully saturated rings. The number of phenols is 1. The van der Waals surface area contributed by atoms with E-state index >= 15 is 0 Å². The molecule has 0 saturated carbocycles. The highest BCUT2D eigenvalue weighted by Crippen LogP contribution is 2.20. The normalized spacial score (nSPS) is 13.9. The number of H-pyrrole nitrogens is 1. The molecule has 4 aromatic carbocycles. The molecule has 5 aromatic rings. The van der Waals surface area contributed by atoms with E-state index in [0.717, 1.165) is 0 Å². The van der Waals surface area contributed by atoms with Crippen molar-refractivity contribution in [3.8, 4) is 5.75 Å². The number of aliphatic hydroxyl groups is 1. The number of hydrogen-bond donors (Lipinski definition) is 18. The average Bonchev–Trinajstić information content (AvgIpc) is 1.67. The number of rotatable bonds is 37. The van der Waals surface area contributed by atoms with Crippen molar-refractivity contribution in [1.82, 2.24) is 52.8 Å². The summed E-state index contributed by atoms with van der Waals surface area (Å²) in [5.41, 5.74) is 36.5. The van der Waals surface area contributed by atoms with Crippen LogP contribution in [0.5, 0.6) is 5.75 Å². The lowest BCUT2D eigenvalue weighted by atomic mass is 10.0. The molecule has 0 radical (unpaired) electrons. The first-order valence-corrected chi connectivity index (χ1v) is 29.2. The zero-order valence-electron chi connectivity index (χ0n) is 50.4. The minimum atomic E-state index is -1.91. The SMILES string of the molecule is CCC(NC(=O)CNC(=O)C(Cc1ccccc1)NC(=O)C(CO)NC(=O)C(CC(N)=O)NC(=O)C(Cc1c[nH]c2ccccc12)NC(=O)C(CC(N)=O)NC(=O)C(N)Cc1ccc(O)cc1)C(=O)NC(CCCN=C(N)N)C(=O)NC(Cc1ccccc1)C(N)=O. The van der Waals surface area contributed by atoms with Gasteiger partial charge in [0.25, 0.3) is 0 Å². The predicted octanol–water partition coefficient (Wildman–Crippen LogP) is -4.84. The third kappa shape index (κ3) is 23.5. The van der Waals surface area contributed by atoms with Crippen molar-refractivity contribution in [1.29, 1.82) is 0 Å². The number of guanidine groups is 1. The number of nitrogens with zero attached hydrogens (tertiary/aromatic N) is 1. The maximum absolute atomic E-state index is 14.4. The fraction of sp³-hybridized carbons (Fsp3) is 0.361. The number of phenolic OH excluding ortho intramolecular Hbond substituents is 1. The Labute approximate surface area is 528 Å². The lowest BCUT2D eigenvalue weighted by Gasteiger charge is -2.26. The van der Waals surface area contributed by atoms with Crippen molar-refractivity contribution in [2.45, 2.75) is 119 Å². The quantitative estimate of drug-likeness (QED) is 0.0101. The summed E-state index contributed by atoms with van der Waals surface area (Å²) >= 11 is 0. The molecule has 0 bridgehead atoms. The summed E-state index contributed by atoms with van der Waals surface area (Å²) in [5, 5.41) is 42.8. The van der Waals surface area contributed by atoms with Crippen LogP contribution in [0, 0.1) is 0 Å². The van der Waals surface area contributed by atoms with Crippen LogP contribution in [0.15, 0.2) is 120 Å². The van der Waals surface area contributed by atoms with Crippen molar-refractivity contribution in [2.75, 3.05) is 19.7 Å². The number of aromatic amines is 1. The van der Waals surface area contributed by atoms with Crippen LogP contribution in [0.25, 0.3) is 10.9 Å². The molecule has 0 aliphatic heterocycles. The van der Waals surface area contributed by atoms with E-state index in [4.69, 9.17) is 34.4 Å². The molecule has 92 heavy (non-hydrogen) atoms. The molecule has 9 atom stereocenters. The number of carbonyl (C=O) groups excluding carboxylic acids is 12. The summed E-state index contributed by atoms with van der Waals surface area (Å²) in [6, 6.07) is 16.0. The smallest absolute Gasteiger partial charge is 0.245 e. The number of aromatic hydroxyl groups is 1. The van der Waals surface area contributed by atoms with E-state index < -0.39 is 151 Å². The molecule has 5 rings (SSSR count). The Balaban J connectivity index is 1.28. The molecule has 31 heteroatoms. The molecule has 1 aromatic heterocycles. The standard InChI is InChI=1S/C61H79N17O14/c1-2-40(55(87)72-42(18-11-23-68-61(66)67)56(88)73-43(52(65)84)25-33-12-5-3-6-13-33)71-51(83)31-70-54(86)44(26-34-14-7-4-8-15-34)75-60(92)48(32-79)78-59(91)47(29-50(64)82)77-57(89)45(27-36-30-69-41-17-10-9-16-38(36)41)76-58(90)46(28-49(63)81)74-53(85)39(62)24-35-19-21-37(80)22-20-35/h3-10,12-17,19-22,30,39-40,42-48,69,79-80H,2,11,18,23-29,31-32,62H2,1H3,(H2,63,81)(H2,64,82)(H2,65,84)(H,70,86)(H,71,83)(H,72,87)(H,73,88)(H,74,85)(H,75,92)(H,76,90)(H,77,89)(H,78,91)(H4,66,67,68). The first kappa shape index (κ1) is 71.8. The van der Waals surface area contributed by atoms with Crippen LogP contribution in [-0.4, -0.2) is 166 Å². The Kier molecular flexibility index (Phi) is 28.0. The van der Waals surface area contributed by atoms with E-state index in [2.05, 4.69) is 57.8 Å². The monoisotopic (exact) mass is 1270 g/mol. The average molecular weight is 1270 g/mol. The molecule has 0 saturated heterocycles. The number of fused-ring (bicyclic) bond motifs is 1. The molecule has 12 amide bonds. The number of aliphatic hydroxyl groups excluding tert-OH is 1. The van der Waals surface area contributed by atoms with Gasteiger partial charge in [-0.15, -0.1) is 0 Å². The van der Waals surface area contributed by atoms with Gasteiger partial charge in [-0.25, -0.2) is 0 Å². The molecule has 0 spiro atoms. The first-order chi connectivity index (χ1) is 43.8. The molecule has 492 valence electrons. The number of primary amides is 3. The first-order valence-electron chi connectivity index (χ1n) is 29.2. The fourth-order valence-corrected chi connectivity index (χ4v) is 9.43. The minimum Gasteiger partial charge on any atom is -0.508 e. The molecular formula is C61H79N17O14. The van der Waals surface area contributed by atoms with Gasteiger partial charge < -0.3 is 97.5 Å². The van der Waals surface area contributed by atoms with Crippen LogP contribution < -0.4 is 82.3 Å². The van der Waals surface area contributed by atoms with Crippen molar-refractivity contribution >= 4 is 87.7 Å². The van der Waals surface area contributed by atoms with E-state index in [-0.39, 0.29) is 63.2 Å². The van der Waals surface area contributed by atoms with Gasteiger partial charge >= 0.3 is 0 Å². The van der Waals surface area contributed by atoms with Crippen molar-refractivity contribution in [3.05, 3.63) is 138 Å². The molecule has 24 N–H and O–H groups in total. The summed E-state index contributed by atoms with van der Waals surface area (Å²) in [5.74, 6) is -12.2. The van der Waals surface area contributed by atoms with Gasteiger partial charge in [0, 0.05) is 42.9 Å². The predicted molar refractivity (Wildman–Crippen MR) is 335 cm³/mol. The van der Waals surface area contributed by atoms with Crippen LogP contribution in [0.4, 0.5) is 0 Å². The van der Waals surface area contributed by atoms with E-state index in [0.29, 0.717) is 33.2 Å². The summed E-state index contributed by atoms with van der Waals surface area (Å²) in [6.45, 7) is -0.251. The maximum atomic E-state index is 14.4. The molecule has 31 nitrogen and oxygen atoms in total. The summed E-state index contributed by atoms with van der Waals surface area (Å²) < 4.78 is 0. The van der Waals surface area contributed by atoms with Crippen molar-refractivity contribution < 1.29 is 67.7 Å². The van der Waals surface area contributed by atoms with Gasteiger partial charge in [0.2, 0.25) is 70.9 Å². The molecule has 9 unspecified atom stereocenters. The third-order valence-corrected chi connectivity index (χ3v) is 14.3. The fourth-order valence-electron chi connectivity index (χ4n) is 9.43. The number of nitrogens with one attached hydrogen (secondary N) is 10. The number of aromatic nitrogens is 1. The van der Waals surface area contributed by atoms with Gasteiger partial charge in [-0.1, -0.05) is 97.9 Å². The number of para-hydroxylation sites is 1. The second-order valence-corrected chi connectivity index (χ2v) is 21.5. The Hall–Kier alpha value is -11.0. The Morgan fingerprint density at radius 1 is 0.489 bits per heavy atom. The van der Waals surface area contributed by atoms with E-state index in [1.54, 1.807) is 98.0 Å². The highest BCUT2D eigenvalue weighted by Gasteiger charge is 2.36. The minimum absolute atomic E-state index is 0.0141. The Morgan fingerprint density at radius 3 is 1.50 bits per heavy atom. The molecule has 0 aliphatic rings. The van der Waals surface area contributed by atoms with Crippen LogP contribution in [0.2, 0.25) is 0 Å². The Bertz CT molecular complexity index is 3420. The topological polar surface area (TPSA) is 538 Å². The van der Waals surface area contributed by atoms with Crippen molar-refractivity contribution in [3.63, 3.8) is 0 Å². The molecule has 0 aliphatic carbocycles. The lowest BCUT2D eigenvalue weighted by molar-refractivity contribution is -0.136. The summed E-state index contributed by atoms with van der Waals surface area (Å²) in [6.07, 6.45) is -0.505. The number of benzene rings is 4. The highest BCUT2D eigenvalue weighted by molar-refractivity contribution is 6.00. The molecule has 1 heterocycles. The van der Waals surface area contributed by atoms with Crippen LogP contribution in [0.1, 0.15) is 61.3 Å². The van der Waals surface area contributed by atoms with E-state index in [1.807, 2.05) is 0 Å². The molecular weight excluding hydrogens is 1190 g/mol. The lowest BCUT2D eigenvalue weighted by Crippen LogP contribution is -2.61. The summed E-state index contributed by atoms with van der Waals surface area (Å²) in [4.78, 5) is 169. The number of carbonyl (C=O) groups is 12. The zero-order chi connectivity index (χ0) is 67.4. The Morgan fingerprint density at radius 2 is 0.946 bits per heavy atom. The van der Waals surface area contributed by atoms with Crippen LogP contribution in [-0.2, 0) is 83.2 Å². The van der Waals surface area contributed by atoms with Crippen molar-refractivity contribution in [2.24, 2.45) is 39.4 Å². The zero-order valence-corrected chi connectivity index (χ0v) is 50.4. The third-order valence-electron chi connectivity index (χ3n) is 14.3. The van der Waals surface area contributed by atoms with Crippen LogP contribution >= 0.6 is 0 Å².